The van der Waals surface area contributed by atoms with E-state index in [9.17, 15) is 14.9 Å². The molecule has 3 atom stereocenters. The number of allylic oxidation sites excluding steroid dienone is 2. The first-order valence-electron chi connectivity index (χ1n) is 8.70. The van der Waals surface area contributed by atoms with E-state index in [2.05, 4.69) is 5.32 Å². The summed E-state index contributed by atoms with van der Waals surface area (Å²) in [6.45, 7) is 0. The normalized spacial score (nSPS) is 22.2. The lowest BCUT2D eigenvalue weighted by Gasteiger charge is -2.39. The highest BCUT2D eigenvalue weighted by Gasteiger charge is 2.42. The van der Waals surface area contributed by atoms with Gasteiger partial charge in [-0.3, -0.25) is 10.1 Å². The van der Waals surface area contributed by atoms with Crippen LogP contribution >= 0.6 is 23.2 Å². The molecule has 0 saturated heterocycles. The molecule has 1 heterocycles. The Labute approximate surface area is 171 Å². The van der Waals surface area contributed by atoms with Crippen LogP contribution in [0.15, 0.2) is 42.5 Å². The van der Waals surface area contributed by atoms with E-state index in [0.29, 0.717) is 26.9 Å². The van der Waals surface area contributed by atoms with E-state index in [1.807, 2.05) is 12.2 Å². The summed E-state index contributed by atoms with van der Waals surface area (Å²) in [5, 5.41) is 15.5. The standard InChI is InChI=1S/C20H16Cl2N2O4/c1-28-20(25)13-6-8-16(22)19-17(13)11-3-2-4-12(11)18(23-19)14-9-10(24(26)27)5-7-15(14)21/h2-3,5-9,11-12,18,23H,4H2,1H3/t11-,12+,18+/m1/s1. The Morgan fingerprint density at radius 3 is 2.71 bits per heavy atom. The van der Waals surface area contributed by atoms with Crippen molar-refractivity contribution in [2.45, 2.75) is 18.4 Å². The number of hydrogen-bond acceptors (Lipinski definition) is 5. The van der Waals surface area contributed by atoms with Crippen molar-refractivity contribution >= 4 is 40.5 Å². The summed E-state index contributed by atoms with van der Waals surface area (Å²) < 4.78 is 4.93. The van der Waals surface area contributed by atoms with Crippen molar-refractivity contribution in [2.24, 2.45) is 5.92 Å². The molecular weight excluding hydrogens is 403 g/mol. The van der Waals surface area contributed by atoms with Crippen molar-refractivity contribution in [3.63, 3.8) is 0 Å². The highest BCUT2D eigenvalue weighted by atomic mass is 35.5. The van der Waals surface area contributed by atoms with Gasteiger partial charge in [0.1, 0.15) is 0 Å². The van der Waals surface area contributed by atoms with Gasteiger partial charge in [0.05, 0.1) is 34.3 Å². The van der Waals surface area contributed by atoms with Crippen LogP contribution in [0, 0.1) is 16.0 Å². The molecule has 6 nitrogen and oxygen atoms in total. The summed E-state index contributed by atoms with van der Waals surface area (Å²) in [5.41, 5.74) is 2.49. The zero-order valence-electron chi connectivity index (χ0n) is 14.8. The van der Waals surface area contributed by atoms with Crippen LogP contribution in [0.25, 0.3) is 0 Å². The van der Waals surface area contributed by atoms with E-state index in [0.717, 1.165) is 12.0 Å². The molecule has 0 amide bonds. The Morgan fingerprint density at radius 2 is 2.00 bits per heavy atom. The third-order valence-electron chi connectivity index (χ3n) is 5.40. The van der Waals surface area contributed by atoms with Gasteiger partial charge in [-0.15, -0.1) is 0 Å². The number of halogens is 2. The smallest absolute Gasteiger partial charge is 0.338 e. The van der Waals surface area contributed by atoms with Crippen molar-refractivity contribution < 1.29 is 14.5 Å². The number of rotatable bonds is 3. The number of non-ortho nitro benzene ring substituents is 1. The lowest BCUT2D eigenvalue weighted by molar-refractivity contribution is -0.384. The summed E-state index contributed by atoms with van der Waals surface area (Å²) in [5.74, 6) is -0.473. The first-order valence-corrected chi connectivity index (χ1v) is 9.45. The van der Waals surface area contributed by atoms with Gasteiger partial charge in [-0.05, 0) is 36.1 Å². The number of anilines is 1. The number of nitro groups is 1. The number of fused-ring (bicyclic) bond motifs is 3. The molecule has 2 aromatic carbocycles. The fourth-order valence-corrected chi connectivity index (χ4v) is 4.61. The van der Waals surface area contributed by atoms with Crippen molar-refractivity contribution in [2.75, 3.05) is 12.4 Å². The largest absolute Gasteiger partial charge is 0.465 e. The van der Waals surface area contributed by atoms with E-state index >= 15 is 0 Å². The fraction of sp³-hybridized carbons (Fsp3) is 0.250. The van der Waals surface area contributed by atoms with Crippen LogP contribution in [-0.2, 0) is 4.74 Å². The molecule has 0 unspecified atom stereocenters. The van der Waals surface area contributed by atoms with Crippen LogP contribution in [0.4, 0.5) is 11.4 Å². The van der Waals surface area contributed by atoms with Crippen LogP contribution in [-0.4, -0.2) is 18.0 Å². The molecule has 0 bridgehead atoms. The molecule has 28 heavy (non-hydrogen) atoms. The highest BCUT2D eigenvalue weighted by molar-refractivity contribution is 6.34. The molecule has 1 N–H and O–H groups in total. The number of methoxy groups -OCH3 is 1. The molecule has 1 aliphatic heterocycles. The van der Waals surface area contributed by atoms with Gasteiger partial charge in [0, 0.05) is 28.6 Å². The quantitative estimate of drug-likeness (QED) is 0.307. The van der Waals surface area contributed by atoms with Gasteiger partial charge in [-0.1, -0.05) is 35.4 Å². The molecule has 144 valence electrons. The molecule has 4 rings (SSSR count). The molecule has 0 fully saturated rings. The van der Waals surface area contributed by atoms with Crippen molar-refractivity contribution in [3.05, 3.63) is 79.3 Å². The number of nitro benzene ring substituents is 1. The lowest BCUT2D eigenvalue weighted by atomic mass is 9.75. The molecule has 0 aromatic heterocycles. The van der Waals surface area contributed by atoms with E-state index in [-0.39, 0.29) is 23.6 Å². The monoisotopic (exact) mass is 418 g/mol. The van der Waals surface area contributed by atoms with E-state index < -0.39 is 10.9 Å². The molecule has 0 radical (unpaired) electrons. The van der Waals surface area contributed by atoms with Gasteiger partial charge >= 0.3 is 5.97 Å². The van der Waals surface area contributed by atoms with Crippen LogP contribution < -0.4 is 5.32 Å². The summed E-state index contributed by atoms with van der Waals surface area (Å²) in [4.78, 5) is 23.1. The van der Waals surface area contributed by atoms with Gasteiger partial charge in [0.25, 0.3) is 5.69 Å². The minimum absolute atomic E-state index is 0.0242. The van der Waals surface area contributed by atoms with E-state index in [1.165, 1.54) is 25.3 Å². The number of hydrogen-bond donors (Lipinski definition) is 1. The number of esters is 1. The third-order valence-corrected chi connectivity index (χ3v) is 6.06. The SMILES string of the molecule is COC(=O)c1ccc(Cl)c2c1[C@@H]1C=CC[C@@H]1[C@@H](c1cc([N+](=O)[O-])ccc1Cl)N2. The van der Waals surface area contributed by atoms with Crippen molar-refractivity contribution in [1.29, 1.82) is 0 Å². The maximum atomic E-state index is 12.3. The first kappa shape index (κ1) is 18.8. The Morgan fingerprint density at radius 1 is 1.25 bits per heavy atom. The second-order valence-electron chi connectivity index (χ2n) is 6.81. The lowest BCUT2D eigenvalue weighted by Crippen LogP contribution is -2.31. The molecule has 8 heteroatoms. The summed E-state index contributed by atoms with van der Waals surface area (Å²) >= 11 is 12.9. The van der Waals surface area contributed by atoms with E-state index in [4.69, 9.17) is 27.9 Å². The summed E-state index contributed by atoms with van der Waals surface area (Å²) in [6, 6.07) is 7.44. The number of carbonyl (C=O) groups is 1. The van der Waals surface area contributed by atoms with Gasteiger partial charge in [-0.2, -0.15) is 0 Å². The molecule has 2 aliphatic rings. The number of ether oxygens (including phenoxy) is 1. The maximum Gasteiger partial charge on any atom is 0.338 e. The van der Waals surface area contributed by atoms with E-state index in [1.54, 1.807) is 12.1 Å². The maximum absolute atomic E-state index is 12.3. The topological polar surface area (TPSA) is 81.5 Å². The second kappa shape index (κ2) is 7.11. The summed E-state index contributed by atoms with van der Waals surface area (Å²) in [6.07, 6.45) is 4.84. The van der Waals surface area contributed by atoms with Gasteiger partial charge in [-0.25, -0.2) is 4.79 Å². The minimum Gasteiger partial charge on any atom is -0.465 e. The third kappa shape index (κ3) is 2.93. The molecule has 2 aromatic rings. The Hall–Kier alpha value is -2.57. The predicted molar refractivity (Wildman–Crippen MR) is 107 cm³/mol. The van der Waals surface area contributed by atoms with Crippen LogP contribution in [0.3, 0.4) is 0 Å². The second-order valence-corrected chi connectivity index (χ2v) is 7.63. The molecule has 0 saturated carbocycles. The number of nitrogens with one attached hydrogen (secondary N) is 1. The van der Waals surface area contributed by atoms with Crippen molar-refractivity contribution in [1.82, 2.24) is 0 Å². The van der Waals surface area contributed by atoms with Gasteiger partial charge < -0.3 is 10.1 Å². The Bertz CT molecular complexity index is 1020. The van der Waals surface area contributed by atoms with Gasteiger partial charge in [0.15, 0.2) is 0 Å². The average molecular weight is 419 g/mol. The minimum atomic E-state index is -0.441. The zero-order chi connectivity index (χ0) is 20.0. The molecular formula is C20H16Cl2N2O4. The van der Waals surface area contributed by atoms with Crippen LogP contribution in [0.1, 0.15) is 39.9 Å². The molecule has 1 aliphatic carbocycles. The van der Waals surface area contributed by atoms with Gasteiger partial charge in [0.2, 0.25) is 0 Å². The predicted octanol–water partition coefficient (Wildman–Crippen LogP) is 5.51. The first-order chi connectivity index (χ1) is 13.4. The zero-order valence-corrected chi connectivity index (χ0v) is 16.3. The molecule has 0 spiro atoms. The Balaban J connectivity index is 1.88. The fourth-order valence-electron chi connectivity index (χ4n) is 4.15. The van der Waals surface area contributed by atoms with Crippen LogP contribution in [0.2, 0.25) is 10.0 Å². The average Bonchev–Trinajstić information content (AvgIpc) is 3.17. The number of carbonyl (C=O) groups excluding carboxylic acids is 1. The van der Waals surface area contributed by atoms with Crippen LogP contribution in [0.5, 0.6) is 0 Å². The number of benzene rings is 2. The Kier molecular flexibility index (Phi) is 4.77. The highest BCUT2D eigenvalue weighted by Crippen LogP contribution is 2.53. The summed E-state index contributed by atoms with van der Waals surface area (Å²) in [7, 11) is 1.34. The van der Waals surface area contributed by atoms with Crippen molar-refractivity contribution in [3.8, 4) is 0 Å². The number of nitrogens with zero attached hydrogens (tertiary/aromatic N) is 1.